The normalized spacial score (nSPS) is 13.4. The SMILES string of the molecule is CC[C@@H](C(C)=O)[C@H](Nc1ccc(OC)cc1)C(=O)O. The molecule has 0 aromatic heterocycles. The smallest absolute Gasteiger partial charge is 0.326 e. The van der Waals surface area contributed by atoms with Crippen LogP contribution < -0.4 is 10.1 Å². The van der Waals surface area contributed by atoms with Crippen molar-refractivity contribution in [1.29, 1.82) is 0 Å². The molecule has 2 atom stereocenters. The average molecular weight is 265 g/mol. The van der Waals surface area contributed by atoms with Gasteiger partial charge >= 0.3 is 5.97 Å². The molecule has 1 aromatic rings. The number of Topliss-reactive ketones (excluding diaryl/α,β-unsaturated/α-hetero) is 1. The molecule has 0 saturated carbocycles. The van der Waals surface area contributed by atoms with Crippen LogP contribution in [0.15, 0.2) is 24.3 Å². The Kier molecular flexibility index (Phi) is 5.36. The summed E-state index contributed by atoms with van der Waals surface area (Å²) in [7, 11) is 1.56. The van der Waals surface area contributed by atoms with Gasteiger partial charge in [0.15, 0.2) is 0 Å². The number of carbonyl (C=O) groups excluding carboxylic acids is 1. The number of ketones is 1. The van der Waals surface area contributed by atoms with Gasteiger partial charge in [0.05, 0.1) is 7.11 Å². The molecule has 0 aliphatic rings. The van der Waals surface area contributed by atoms with Crippen molar-refractivity contribution >= 4 is 17.4 Å². The third-order valence-corrected chi connectivity index (χ3v) is 3.04. The van der Waals surface area contributed by atoms with E-state index in [1.165, 1.54) is 6.92 Å². The number of carbonyl (C=O) groups is 2. The zero-order valence-corrected chi connectivity index (χ0v) is 11.3. The Balaban J connectivity index is 2.88. The quantitative estimate of drug-likeness (QED) is 0.790. The highest BCUT2D eigenvalue weighted by atomic mass is 16.5. The van der Waals surface area contributed by atoms with Crippen LogP contribution >= 0.6 is 0 Å². The standard InChI is InChI=1S/C14H19NO4/c1-4-12(9(2)16)13(14(17)18)15-10-5-7-11(19-3)8-6-10/h5-8,12-13,15H,4H2,1-3H3,(H,17,18)/t12-,13-/m0/s1. The number of carboxylic acid groups (broad SMARTS) is 1. The van der Waals surface area contributed by atoms with Crippen LogP contribution in [0.2, 0.25) is 0 Å². The number of methoxy groups -OCH3 is 1. The molecule has 0 radical (unpaired) electrons. The first-order valence-electron chi connectivity index (χ1n) is 6.13. The topological polar surface area (TPSA) is 75.6 Å². The largest absolute Gasteiger partial charge is 0.497 e. The molecule has 0 aliphatic carbocycles. The zero-order valence-electron chi connectivity index (χ0n) is 11.3. The second-order valence-corrected chi connectivity index (χ2v) is 4.31. The molecule has 0 bridgehead atoms. The van der Waals surface area contributed by atoms with Crippen molar-refractivity contribution in [1.82, 2.24) is 0 Å². The van der Waals surface area contributed by atoms with Crippen LogP contribution in [0.3, 0.4) is 0 Å². The summed E-state index contributed by atoms with van der Waals surface area (Å²) in [5.74, 6) is -1.01. The molecule has 1 aromatic carbocycles. The lowest BCUT2D eigenvalue weighted by Gasteiger charge is -2.22. The summed E-state index contributed by atoms with van der Waals surface area (Å²) in [6.07, 6.45) is 0.482. The van der Waals surface area contributed by atoms with Gasteiger partial charge in [0.2, 0.25) is 0 Å². The average Bonchev–Trinajstić information content (AvgIpc) is 2.38. The second kappa shape index (κ2) is 6.78. The summed E-state index contributed by atoms with van der Waals surface area (Å²) < 4.78 is 5.03. The molecule has 1 rings (SSSR count). The lowest BCUT2D eigenvalue weighted by molar-refractivity contribution is -0.141. The number of ether oxygens (including phenoxy) is 1. The van der Waals surface area contributed by atoms with E-state index in [0.717, 1.165) is 0 Å². The number of aliphatic carboxylic acids is 1. The molecule has 0 amide bonds. The fourth-order valence-corrected chi connectivity index (χ4v) is 1.96. The first-order valence-corrected chi connectivity index (χ1v) is 6.13. The van der Waals surface area contributed by atoms with Gasteiger partial charge in [0, 0.05) is 11.6 Å². The van der Waals surface area contributed by atoms with Gasteiger partial charge in [-0.05, 0) is 37.6 Å². The highest BCUT2D eigenvalue weighted by molar-refractivity contribution is 5.88. The summed E-state index contributed by atoms with van der Waals surface area (Å²) in [6, 6.07) is 5.99. The van der Waals surface area contributed by atoms with Gasteiger partial charge in [-0.15, -0.1) is 0 Å². The van der Waals surface area contributed by atoms with Gasteiger partial charge in [-0.25, -0.2) is 4.79 Å². The van der Waals surface area contributed by atoms with Crippen LogP contribution in [-0.2, 0) is 9.59 Å². The van der Waals surface area contributed by atoms with Crippen molar-refractivity contribution in [2.45, 2.75) is 26.3 Å². The Bertz CT molecular complexity index is 441. The van der Waals surface area contributed by atoms with E-state index in [1.807, 2.05) is 0 Å². The third kappa shape index (κ3) is 3.98. The summed E-state index contributed by atoms with van der Waals surface area (Å²) in [5, 5.41) is 12.1. The van der Waals surface area contributed by atoms with Crippen LogP contribution in [0.5, 0.6) is 5.75 Å². The van der Waals surface area contributed by atoms with E-state index in [2.05, 4.69) is 5.32 Å². The van der Waals surface area contributed by atoms with Crippen LogP contribution in [-0.4, -0.2) is 30.0 Å². The summed E-state index contributed by atoms with van der Waals surface area (Å²) in [5.41, 5.74) is 0.646. The monoisotopic (exact) mass is 265 g/mol. The van der Waals surface area contributed by atoms with Crippen molar-refractivity contribution < 1.29 is 19.4 Å². The van der Waals surface area contributed by atoms with Gasteiger partial charge < -0.3 is 15.2 Å². The molecular weight excluding hydrogens is 246 g/mol. The van der Waals surface area contributed by atoms with Gasteiger partial charge in [-0.1, -0.05) is 6.92 Å². The maximum atomic E-state index is 11.5. The van der Waals surface area contributed by atoms with Crippen LogP contribution in [0.4, 0.5) is 5.69 Å². The molecule has 0 aliphatic heterocycles. The molecule has 0 heterocycles. The first-order chi connectivity index (χ1) is 8.99. The summed E-state index contributed by atoms with van der Waals surface area (Å²) >= 11 is 0. The van der Waals surface area contributed by atoms with E-state index >= 15 is 0 Å². The Morgan fingerprint density at radius 3 is 2.26 bits per heavy atom. The van der Waals surface area contributed by atoms with Gasteiger partial charge in [-0.3, -0.25) is 4.79 Å². The van der Waals surface area contributed by atoms with Gasteiger partial charge in [0.25, 0.3) is 0 Å². The lowest BCUT2D eigenvalue weighted by Crippen LogP contribution is -2.40. The molecule has 5 heteroatoms. The minimum absolute atomic E-state index is 0.129. The predicted molar refractivity (Wildman–Crippen MR) is 72.5 cm³/mol. The number of carboxylic acids is 1. The highest BCUT2D eigenvalue weighted by Gasteiger charge is 2.30. The van der Waals surface area contributed by atoms with Crippen molar-refractivity contribution in [2.24, 2.45) is 5.92 Å². The molecule has 0 unspecified atom stereocenters. The fourth-order valence-electron chi connectivity index (χ4n) is 1.96. The highest BCUT2D eigenvalue weighted by Crippen LogP contribution is 2.19. The van der Waals surface area contributed by atoms with Gasteiger partial charge in [0.1, 0.15) is 17.6 Å². The summed E-state index contributed by atoms with van der Waals surface area (Å²) in [4.78, 5) is 22.8. The lowest BCUT2D eigenvalue weighted by atomic mass is 9.93. The minimum Gasteiger partial charge on any atom is -0.497 e. The Morgan fingerprint density at radius 2 is 1.89 bits per heavy atom. The molecule has 0 saturated heterocycles. The van der Waals surface area contributed by atoms with Crippen LogP contribution in [0.25, 0.3) is 0 Å². The van der Waals surface area contributed by atoms with Crippen molar-refractivity contribution in [2.75, 3.05) is 12.4 Å². The molecule has 104 valence electrons. The molecule has 5 nitrogen and oxygen atoms in total. The first kappa shape index (κ1) is 15.0. The number of benzene rings is 1. The minimum atomic E-state index is -1.03. The number of hydrogen-bond acceptors (Lipinski definition) is 4. The van der Waals surface area contributed by atoms with E-state index in [-0.39, 0.29) is 5.78 Å². The molecule has 2 N–H and O–H groups in total. The zero-order chi connectivity index (χ0) is 14.4. The Hall–Kier alpha value is -2.04. The molecule has 0 fully saturated rings. The predicted octanol–water partition coefficient (Wildman–Crippen LogP) is 2.18. The number of nitrogens with one attached hydrogen (secondary N) is 1. The third-order valence-electron chi connectivity index (χ3n) is 3.04. The number of hydrogen-bond donors (Lipinski definition) is 2. The van der Waals surface area contributed by atoms with E-state index in [4.69, 9.17) is 4.74 Å². The molecular formula is C14H19NO4. The van der Waals surface area contributed by atoms with Crippen molar-refractivity contribution in [3.8, 4) is 5.75 Å². The van der Waals surface area contributed by atoms with Gasteiger partial charge in [-0.2, -0.15) is 0 Å². The Morgan fingerprint density at radius 1 is 1.32 bits per heavy atom. The maximum Gasteiger partial charge on any atom is 0.326 e. The van der Waals surface area contributed by atoms with E-state index in [1.54, 1.807) is 38.3 Å². The molecule has 19 heavy (non-hydrogen) atoms. The van der Waals surface area contributed by atoms with E-state index < -0.39 is 17.9 Å². The number of anilines is 1. The second-order valence-electron chi connectivity index (χ2n) is 4.31. The van der Waals surface area contributed by atoms with Crippen LogP contribution in [0.1, 0.15) is 20.3 Å². The number of rotatable bonds is 7. The summed E-state index contributed by atoms with van der Waals surface area (Å²) in [6.45, 7) is 3.22. The maximum absolute atomic E-state index is 11.5. The van der Waals surface area contributed by atoms with E-state index in [0.29, 0.717) is 17.9 Å². The Labute approximate surface area is 112 Å². The van der Waals surface area contributed by atoms with Crippen molar-refractivity contribution in [3.63, 3.8) is 0 Å². The van der Waals surface area contributed by atoms with Crippen molar-refractivity contribution in [3.05, 3.63) is 24.3 Å². The molecule has 0 spiro atoms. The van der Waals surface area contributed by atoms with Crippen LogP contribution in [0, 0.1) is 5.92 Å². The fraction of sp³-hybridized carbons (Fsp3) is 0.429. The van der Waals surface area contributed by atoms with E-state index in [9.17, 15) is 14.7 Å².